The SMILES string of the molecule is O=[N+]([O-])c1ccccc1S(=O)(=O)NC(CCc1c(Br)cccc1Br)c1cccs1. The average Bonchev–Trinajstić information content (AvgIpc) is 3.21. The number of hydrogen-bond donors (Lipinski definition) is 1. The predicted molar refractivity (Wildman–Crippen MR) is 121 cm³/mol. The predicted octanol–water partition coefficient (Wildman–Crippen LogP) is 5.83. The van der Waals surface area contributed by atoms with Gasteiger partial charge in [-0.3, -0.25) is 10.1 Å². The molecule has 0 saturated carbocycles. The number of para-hydroxylation sites is 1. The lowest BCUT2D eigenvalue weighted by molar-refractivity contribution is -0.387. The van der Waals surface area contributed by atoms with Crippen molar-refractivity contribution in [2.75, 3.05) is 0 Å². The summed E-state index contributed by atoms with van der Waals surface area (Å²) >= 11 is 8.49. The van der Waals surface area contributed by atoms with Gasteiger partial charge in [-0.1, -0.05) is 56.1 Å². The average molecular weight is 560 g/mol. The first kappa shape index (κ1) is 22.1. The Morgan fingerprint density at radius 3 is 2.34 bits per heavy atom. The molecule has 6 nitrogen and oxygen atoms in total. The third-order valence-corrected chi connectivity index (χ3v) is 8.27. The van der Waals surface area contributed by atoms with E-state index in [1.54, 1.807) is 0 Å². The second-order valence-electron chi connectivity index (χ2n) is 6.15. The summed E-state index contributed by atoms with van der Waals surface area (Å²) in [6, 6.07) is 14.3. The summed E-state index contributed by atoms with van der Waals surface area (Å²) < 4.78 is 30.5. The van der Waals surface area contributed by atoms with E-state index in [1.807, 2.05) is 35.7 Å². The smallest absolute Gasteiger partial charge is 0.258 e. The van der Waals surface area contributed by atoms with Crippen LogP contribution in [-0.4, -0.2) is 13.3 Å². The first-order valence-electron chi connectivity index (χ1n) is 8.51. The molecule has 1 N–H and O–H groups in total. The van der Waals surface area contributed by atoms with Gasteiger partial charge in [-0.05, 0) is 48.1 Å². The van der Waals surface area contributed by atoms with Crippen LogP contribution in [0.4, 0.5) is 5.69 Å². The van der Waals surface area contributed by atoms with E-state index in [9.17, 15) is 18.5 Å². The molecule has 1 aromatic heterocycles. The summed E-state index contributed by atoms with van der Waals surface area (Å²) in [5, 5.41) is 13.1. The van der Waals surface area contributed by atoms with Gasteiger partial charge in [0.05, 0.1) is 11.0 Å². The quantitative estimate of drug-likeness (QED) is 0.277. The van der Waals surface area contributed by atoms with Gasteiger partial charge in [-0.15, -0.1) is 11.3 Å². The van der Waals surface area contributed by atoms with E-state index in [2.05, 4.69) is 36.6 Å². The fourth-order valence-corrected chi connectivity index (χ4v) is 6.60. The van der Waals surface area contributed by atoms with Crippen molar-refractivity contribution in [2.45, 2.75) is 23.8 Å². The normalized spacial score (nSPS) is 12.6. The molecular formula is C19H16Br2N2O4S2. The van der Waals surface area contributed by atoms with Gasteiger partial charge < -0.3 is 0 Å². The van der Waals surface area contributed by atoms with Gasteiger partial charge in [0.2, 0.25) is 10.0 Å². The monoisotopic (exact) mass is 558 g/mol. The second-order valence-corrected chi connectivity index (χ2v) is 10.5. The fourth-order valence-electron chi connectivity index (χ4n) is 2.89. The number of nitro benzene ring substituents is 1. The number of nitrogens with zero attached hydrogens (tertiary/aromatic N) is 1. The van der Waals surface area contributed by atoms with Crippen LogP contribution < -0.4 is 4.72 Å². The number of thiophene rings is 1. The van der Waals surface area contributed by atoms with Gasteiger partial charge in [0.1, 0.15) is 0 Å². The highest BCUT2D eigenvalue weighted by Gasteiger charge is 2.28. The zero-order valence-corrected chi connectivity index (χ0v) is 19.7. The zero-order chi connectivity index (χ0) is 21.0. The summed E-state index contributed by atoms with van der Waals surface area (Å²) in [5.74, 6) is 0. The van der Waals surface area contributed by atoms with Crippen LogP contribution >= 0.6 is 43.2 Å². The lowest BCUT2D eigenvalue weighted by Gasteiger charge is -2.18. The van der Waals surface area contributed by atoms with E-state index >= 15 is 0 Å². The van der Waals surface area contributed by atoms with Crippen LogP contribution in [-0.2, 0) is 16.4 Å². The molecule has 0 fully saturated rings. The minimum atomic E-state index is -4.09. The molecule has 0 bridgehead atoms. The Balaban J connectivity index is 1.90. The summed E-state index contributed by atoms with van der Waals surface area (Å²) in [7, 11) is -4.09. The highest BCUT2D eigenvalue weighted by atomic mass is 79.9. The van der Waals surface area contributed by atoms with Crippen molar-refractivity contribution in [1.82, 2.24) is 4.72 Å². The third kappa shape index (κ3) is 5.32. The highest BCUT2D eigenvalue weighted by molar-refractivity contribution is 9.11. The number of rotatable bonds is 8. The zero-order valence-electron chi connectivity index (χ0n) is 14.9. The molecule has 29 heavy (non-hydrogen) atoms. The molecule has 10 heteroatoms. The van der Waals surface area contributed by atoms with Crippen LogP contribution in [0.2, 0.25) is 0 Å². The summed E-state index contributed by atoms with van der Waals surface area (Å²) in [6.45, 7) is 0. The molecule has 0 aliphatic rings. The van der Waals surface area contributed by atoms with E-state index in [0.29, 0.717) is 12.8 Å². The topological polar surface area (TPSA) is 89.3 Å². The van der Waals surface area contributed by atoms with Gasteiger partial charge in [-0.25, -0.2) is 13.1 Å². The van der Waals surface area contributed by atoms with Crippen LogP contribution in [0.25, 0.3) is 0 Å². The molecule has 152 valence electrons. The Labute approximate surface area is 189 Å². The van der Waals surface area contributed by atoms with Crippen LogP contribution in [0.5, 0.6) is 0 Å². The molecule has 0 amide bonds. The molecule has 1 heterocycles. The number of halogens is 2. The maximum atomic E-state index is 13.0. The Hall–Kier alpha value is -1.59. The standard InChI is InChI=1S/C19H16Br2N2O4S2/c20-14-5-3-6-15(21)13(14)10-11-16(18-8-4-12-28-18)22-29(26,27)19-9-2-1-7-17(19)23(24)25/h1-9,12,16,22H,10-11H2. The number of sulfonamides is 1. The fraction of sp³-hybridized carbons (Fsp3) is 0.158. The Morgan fingerprint density at radius 2 is 1.72 bits per heavy atom. The van der Waals surface area contributed by atoms with Gasteiger partial charge in [0.25, 0.3) is 5.69 Å². The number of nitro groups is 1. The van der Waals surface area contributed by atoms with E-state index < -0.39 is 26.7 Å². The molecule has 3 rings (SSSR count). The third-order valence-electron chi connectivity index (χ3n) is 4.28. The minimum absolute atomic E-state index is 0.339. The molecular weight excluding hydrogens is 544 g/mol. The van der Waals surface area contributed by atoms with E-state index in [-0.39, 0.29) is 4.90 Å². The number of nitrogens with one attached hydrogen (secondary N) is 1. The van der Waals surface area contributed by atoms with Crippen LogP contribution in [0, 0.1) is 10.1 Å². The van der Waals surface area contributed by atoms with Crippen molar-refractivity contribution in [3.63, 3.8) is 0 Å². The Morgan fingerprint density at radius 1 is 1.03 bits per heavy atom. The van der Waals surface area contributed by atoms with E-state index in [1.165, 1.54) is 35.6 Å². The Kier molecular flexibility index (Phi) is 7.23. The lowest BCUT2D eigenvalue weighted by Crippen LogP contribution is -2.29. The molecule has 0 spiro atoms. The highest BCUT2D eigenvalue weighted by Crippen LogP contribution is 2.32. The summed E-state index contributed by atoms with van der Waals surface area (Å²) in [5.41, 5.74) is 0.581. The van der Waals surface area contributed by atoms with Crippen LogP contribution in [0.1, 0.15) is 22.9 Å². The molecule has 1 atom stereocenters. The maximum Gasteiger partial charge on any atom is 0.289 e. The summed E-state index contributed by atoms with van der Waals surface area (Å²) in [6.07, 6.45) is 1.09. The minimum Gasteiger partial charge on any atom is -0.258 e. The van der Waals surface area contributed by atoms with Crippen molar-refractivity contribution < 1.29 is 13.3 Å². The van der Waals surface area contributed by atoms with Crippen molar-refractivity contribution in [3.8, 4) is 0 Å². The van der Waals surface area contributed by atoms with Crippen LogP contribution in [0.15, 0.2) is 73.8 Å². The second kappa shape index (κ2) is 9.48. The van der Waals surface area contributed by atoms with Gasteiger partial charge in [0, 0.05) is 19.9 Å². The lowest BCUT2D eigenvalue weighted by atomic mass is 10.0. The Bertz CT molecular complexity index is 1100. The number of benzene rings is 2. The van der Waals surface area contributed by atoms with E-state index in [0.717, 1.165) is 19.4 Å². The number of hydrogen-bond acceptors (Lipinski definition) is 5. The van der Waals surface area contributed by atoms with E-state index in [4.69, 9.17) is 0 Å². The van der Waals surface area contributed by atoms with Gasteiger partial charge >= 0.3 is 0 Å². The van der Waals surface area contributed by atoms with Crippen molar-refractivity contribution in [3.05, 3.63) is 89.5 Å². The molecule has 3 aromatic rings. The molecule has 1 unspecified atom stereocenters. The van der Waals surface area contributed by atoms with Gasteiger partial charge in [-0.2, -0.15) is 0 Å². The largest absolute Gasteiger partial charge is 0.289 e. The summed E-state index contributed by atoms with van der Waals surface area (Å²) in [4.78, 5) is 11.1. The first-order chi connectivity index (χ1) is 13.8. The maximum absolute atomic E-state index is 13.0. The van der Waals surface area contributed by atoms with Crippen molar-refractivity contribution in [1.29, 1.82) is 0 Å². The molecule has 0 aliphatic carbocycles. The molecule has 0 saturated heterocycles. The van der Waals surface area contributed by atoms with Crippen LogP contribution in [0.3, 0.4) is 0 Å². The van der Waals surface area contributed by atoms with Crippen molar-refractivity contribution >= 4 is 58.9 Å². The molecule has 0 radical (unpaired) electrons. The molecule has 0 aliphatic heterocycles. The molecule has 2 aromatic carbocycles. The first-order valence-corrected chi connectivity index (χ1v) is 12.5. The van der Waals surface area contributed by atoms with Gasteiger partial charge in [0.15, 0.2) is 4.90 Å². The van der Waals surface area contributed by atoms with Crippen molar-refractivity contribution in [2.24, 2.45) is 0 Å².